The lowest BCUT2D eigenvalue weighted by Gasteiger charge is -2.12. The summed E-state index contributed by atoms with van der Waals surface area (Å²) >= 11 is 0. The Labute approximate surface area is 89.9 Å². The van der Waals surface area contributed by atoms with Gasteiger partial charge in [-0.25, -0.2) is 0 Å². The van der Waals surface area contributed by atoms with E-state index < -0.39 is 12.2 Å². The van der Waals surface area contributed by atoms with Gasteiger partial charge in [0.1, 0.15) is 11.8 Å². The van der Waals surface area contributed by atoms with Crippen molar-refractivity contribution in [2.75, 3.05) is 0 Å². The number of benzene rings is 1. The highest BCUT2D eigenvalue weighted by Gasteiger charge is 2.07. The fourth-order valence-corrected chi connectivity index (χ4v) is 1.21. The molecule has 0 saturated heterocycles. The molecule has 0 aliphatic rings. The molecule has 3 nitrogen and oxygen atoms in total. The summed E-state index contributed by atoms with van der Waals surface area (Å²) in [5.41, 5.74) is 0.792. The van der Waals surface area contributed by atoms with Crippen molar-refractivity contribution in [2.24, 2.45) is 0 Å². The van der Waals surface area contributed by atoms with E-state index in [0.717, 1.165) is 5.56 Å². The third-order valence-corrected chi connectivity index (χ3v) is 2.13. The average molecular weight is 205 g/mol. The summed E-state index contributed by atoms with van der Waals surface area (Å²) in [6, 6.07) is 9.23. The van der Waals surface area contributed by atoms with E-state index in [0.29, 0.717) is 12.2 Å². The molecule has 0 spiro atoms. The second-order valence-electron chi connectivity index (χ2n) is 3.39. The van der Waals surface area contributed by atoms with Crippen LogP contribution < -0.4 is 4.74 Å². The second kappa shape index (κ2) is 5.38. The summed E-state index contributed by atoms with van der Waals surface area (Å²) in [5.74, 6) is 0.627. The Bertz CT molecular complexity index is 355. The topological polar surface area (TPSA) is 53.2 Å². The molecule has 0 amide bonds. The fraction of sp³-hybridized carbons (Fsp3) is 0.417. The highest BCUT2D eigenvalue weighted by Crippen LogP contribution is 2.20. The average Bonchev–Trinajstić information content (AvgIpc) is 2.26. The van der Waals surface area contributed by atoms with E-state index in [4.69, 9.17) is 10.00 Å². The van der Waals surface area contributed by atoms with Crippen LogP contribution in [-0.2, 0) is 0 Å². The first-order valence-corrected chi connectivity index (χ1v) is 5.01. The van der Waals surface area contributed by atoms with Crippen LogP contribution in [0.5, 0.6) is 5.75 Å². The molecule has 1 aromatic rings. The van der Waals surface area contributed by atoms with Crippen LogP contribution in [0.15, 0.2) is 24.3 Å². The molecular weight excluding hydrogens is 190 g/mol. The summed E-state index contributed by atoms with van der Waals surface area (Å²) in [5, 5.41) is 18.1. The van der Waals surface area contributed by atoms with Gasteiger partial charge in [0.15, 0.2) is 6.10 Å². The number of hydrogen-bond donors (Lipinski definition) is 1. The van der Waals surface area contributed by atoms with Gasteiger partial charge >= 0.3 is 0 Å². The van der Waals surface area contributed by atoms with Crippen LogP contribution in [0.1, 0.15) is 31.9 Å². The molecule has 0 radical (unpaired) electrons. The van der Waals surface area contributed by atoms with Gasteiger partial charge in [0, 0.05) is 0 Å². The SMILES string of the molecule is CCC(C#N)Oc1cccc(C(C)O)c1. The summed E-state index contributed by atoms with van der Waals surface area (Å²) in [7, 11) is 0. The highest BCUT2D eigenvalue weighted by molar-refractivity contribution is 5.30. The number of nitriles is 1. The van der Waals surface area contributed by atoms with E-state index in [1.54, 1.807) is 19.1 Å². The van der Waals surface area contributed by atoms with Gasteiger partial charge < -0.3 is 9.84 Å². The largest absolute Gasteiger partial charge is 0.476 e. The molecule has 15 heavy (non-hydrogen) atoms. The Kier molecular flexibility index (Phi) is 4.14. The van der Waals surface area contributed by atoms with Crippen molar-refractivity contribution in [1.29, 1.82) is 5.26 Å². The Morgan fingerprint density at radius 1 is 1.53 bits per heavy atom. The molecule has 0 aliphatic heterocycles. The van der Waals surface area contributed by atoms with Crippen LogP contribution in [0, 0.1) is 11.3 Å². The molecule has 1 aromatic carbocycles. The van der Waals surface area contributed by atoms with Gasteiger partial charge in [0.25, 0.3) is 0 Å². The van der Waals surface area contributed by atoms with Crippen molar-refractivity contribution >= 4 is 0 Å². The van der Waals surface area contributed by atoms with Crippen LogP contribution in [0.3, 0.4) is 0 Å². The monoisotopic (exact) mass is 205 g/mol. The molecule has 3 heteroatoms. The molecule has 1 rings (SSSR count). The predicted molar refractivity (Wildman–Crippen MR) is 57.4 cm³/mol. The van der Waals surface area contributed by atoms with Gasteiger partial charge in [-0.3, -0.25) is 0 Å². The van der Waals surface area contributed by atoms with E-state index in [-0.39, 0.29) is 0 Å². The molecule has 0 fully saturated rings. The minimum atomic E-state index is -0.518. The molecule has 1 N–H and O–H groups in total. The summed E-state index contributed by atoms with van der Waals surface area (Å²) in [6.45, 7) is 3.59. The Hall–Kier alpha value is -1.53. The molecule has 80 valence electrons. The lowest BCUT2D eigenvalue weighted by molar-refractivity contribution is 0.197. The van der Waals surface area contributed by atoms with Crippen molar-refractivity contribution in [3.63, 3.8) is 0 Å². The number of aliphatic hydroxyl groups is 1. The number of aliphatic hydroxyl groups excluding tert-OH is 1. The zero-order valence-electron chi connectivity index (χ0n) is 8.97. The number of hydrogen-bond acceptors (Lipinski definition) is 3. The van der Waals surface area contributed by atoms with E-state index in [1.807, 2.05) is 19.1 Å². The first kappa shape index (κ1) is 11.5. The Morgan fingerprint density at radius 3 is 2.80 bits per heavy atom. The lowest BCUT2D eigenvalue weighted by atomic mass is 10.1. The Morgan fingerprint density at radius 2 is 2.27 bits per heavy atom. The summed E-state index contributed by atoms with van der Waals surface area (Å²) in [6.07, 6.45) is -0.292. The maximum Gasteiger partial charge on any atom is 0.184 e. The molecule has 2 atom stereocenters. The molecule has 0 aliphatic carbocycles. The number of rotatable bonds is 4. The maximum absolute atomic E-state index is 9.38. The summed E-state index contributed by atoms with van der Waals surface area (Å²) in [4.78, 5) is 0. The van der Waals surface area contributed by atoms with Gasteiger partial charge in [0.05, 0.1) is 6.10 Å². The third kappa shape index (κ3) is 3.26. The minimum absolute atomic E-state index is 0.422. The molecule has 0 saturated carbocycles. The zero-order valence-corrected chi connectivity index (χ0v) is 8.97. The normalized spacial score (nSPS) is 14.0. The number of ether oxygens (including phenoxy) is 1. The minimum Gasteiger partial charge on any atom is -0.476 e. The number of nitrogens with zero attached hydrogens (tertiary/aromatic N) is 1. The fourth-order valence-electron chi connectivity index (χ4n) is 1.21. The zero-order chi connectivity index (χ0) is 11.3. The van der Waals surface area contributed by atoms with Gasteiger partial charge in [-0.2, -0.15) is 5.26 Å². The molecule has 2 unspecified atom stereocenters. The standard InChI is InChI=1S/C12H15NO2/c1-3-11(8-13)15-12-6-4-5-10(7-12)9(2)14/h4-7,9,11,14H,3H2,1-2H3. The van der Waals surface area contributed by atoms with Crippen molar-refractivity contribution in [3.05, 3.63) is 29.8 Å². The first-order valence-electron chi connectivity index (χ1n) is 5.01. The molecule has 0 bridgehead atoms. The van der Waals surface area contributed by atoms with Crippen LogP contribution in [-0.4, -0.2) is 11.2 Å². The molecular formula is C12H15NO2. The van der Waals surface area contributed by atoms with Crippen LogP contribution in [0.2, 0.25) is 0 Å². The summed E-state index contributed by atoms with van der Waals surface area (Å²) < 4.78 is 5.43. The first-order chi connectivity index (χ1) is 7.17. The van der Waals surface area contributed by atoms with Gasteiger partial charge in [-0.05, 0) is 31.0 Å². The highest BCUT2D eigenvalue weighted by atomic mass is 16.5. The van der Waals surface area contributed by atoms with Crippen LogP contribution in [0.4, 0.5) is 0 Å². The van der Waals surface area contributed by atoms with E-state index in [1.165, 1.54) is 0 Å². The third-order valence-electron chi connectivity index (χ3n) is 2.13. The smallest absolute Gasteiger partial charge is 0.184 e. The van der Waals surface area contributed by atoms with Gasteiger partial charge in [-0.15, -0.1) is 0 Å². The maximum atomic E-state index is 9.38. The van der Waals surface area contributed by atoms with Crippen molar-refractivity contribution in [1.82, 2.24) is 0 Å². The van der Waals surface area contributed by atoms with E-state index in [9.17, 15) is 5.11 Å². The van der Waals surface area contributed by atoms with Crippen molar-refractivity contribution < 1.29 is 9.84 Å². The van der Waals surface area contributed by atoms with Crippen molar-refractivity contribution in [3.8, 4) is 11.8 Å². The van der Waals surface area contributed by atoms with Crippen molar-refractivity contribution in [2.45, 2.75) is 32.5 Å². The lowest BCUT2D eigenvalue weighted by Crippen LogP contribution is -2.12. The Balaban J connectivity index is 2.78. The second-order valence-corrected chi connectivity index (χ2v) is 3.39. The van der Waals surface area contributed by atoms with Gasteiger partial charge in [-0.1, -0.05) is 19.1 Å². The van der Waals surface area contributed by atoms with E-state index in [2.05, 4.69) is 6.07 Å². The predicted octanol–water partition coefficient (Wildman–Crippen LogP) is 2.42. The van der Waals surface area contributed by atoms with Crippen LogP contribution >= 0.6 is 0 Å². The van der Waals surface area contributed by atoms with Gasteiger partial charge in [0.2, 0.25) is 0 Å². The van der Waals surface area contributed by atoms with E-state index >= 15 is 0 Å². The van der Waals surface area contributed by atoms with Crippen LogP contribution in [0.25, 0.3) is 0 Å². The quantitative estimate of drug-likeness (QED) is 0.821. The molecule has 0 heterocycles. The molecule has 0 aromatic heterocycles.